The van der Waals surface area contributed by atoms with Crippen LogP contribution in [0.3, 0.4) is 0 Å². The van der Waals surface area contributed by atoms with Crippen molar-refractivity contribution in [3.63, 3.8) is 0 Å². The van der Waals surface area contributed by atoms with Gasteiger partial charge in [-0.3, -0.25) is 9.59 Å². The van der Waals surface area contributed by atoms with Crippen molar-refractivity contribution in [2.75, 3.05) is 0 Å². The standard InChI is InChI=1S/C27H46.C14H17NO3.C3H6/c1-18-11-14-25(4)20(19(18)2)12-15-27(6)23(25)10-9-22-21-8-7-13-24(21,3)16-17-26(22,27)5;1-10-12(7-13(10)15-9-16)14(17)18-8-11-5-3-2-4-6-11;1-3-2/h18-23H,7-17H2,1-6H3;2-6,9-10,12-13H,7-8H2,1H3,(H,15,16);3H,1H2,2H3/t18?,19?,20?,21?,22?,23?,24?,25?,26-,27?;;/m1../s1. The number of hydrogen-bond acceptors (Lipinski definition) is 3. The van der Waals surface area contributed by atoms with Gasteiger partial charge in [-0.05, 0) is 146 Å². The lowest BCUT2D eigenvalue weighted by Gasteiger charge is -2.71. The molecule has 4 nitrogen and oxygen atoms in total. The number of nitrogens with one attached hydrogen (secondary N) is 1. The maximum Gasteiger partial charge on any atom is 0.309 e. The van der Waals surface area contributed by atoms with Gasteiger partial charge in [0.15, 0.2) is 0 Å². The average molecular weight is 660 g/mol. The highest BCUT2D eigenvalue weighted by atomic mass is 16.5. The van der Waals surface area contributed by atoms with Gasteiger partial charge in [0.1, 0.15) is 6.61 Å². The molecule has 48 heavy (non-hydrogen) atoms. The normalized spacial score (nSPS) is 45.4. The Hall–Kier alpha value is -2.10. The number of fused-ring (bicyclic) bond motifs is 7. The first-order valence-corrected chi connectivity index (χ1v) is 19.8. The predicted octanol–water partition coefficient (Wildman–Crippen LogP) is 10.8. The molecule has 0 aromatic heterocycles. The van der Waals surface area contributed by atoms with Crippen LogP contribution >= 0.6 is 0 Å². The Morgan fingerprint density at radius 2 is 1.56 bits per heavy atom. The highest BCUT2D eigenvalue weighted by Gasteiger charge is 2.68. The van der Waals surface area contributed by atoms with Crippen molar-refractivity contribution in [2.45, 2.75) is 145 Å². The molecule has 0 bridgehead atoms. The smallest absolute Gasteiger partial charge is 0.309 e. The predicted molar refractivity (Wildman–Crippen MR) is 198 cm³/mol. The molecule has 6 aliphatic rings. The molecule has 1 aromatic carbocycles. The van der Waals surface area contributed by atoms with Gasteiger partial charge in [-0.2, -0.15) is 0 Å². The molecule has 0 spiro atoms. The van der Waals surface area contributed by atoms with Gasteiger partial charge in [0, 0.05) is 6.04 Å². The monoisotopic (exact) mass is 660 g/mol. The van der Waals surface area contributed by atoms with Crippen LogP contribution in [0.25, 0.3) is 0 Å². The molecule has 1 aromatic rings. The van der Waals surface area contributed by atoms with Crippen LogP contribution in [0, 0.1) is 69.0 Å². The lowest BCUT2D eigenvalue weighted by atomic mass is 9.33. The molecule has 6 saturated carbocycles. The summed E-state index contributed by atoms with van der Waals surface area (Å²) in [4.78, 5) is 22.1. The Bertz CT molecular complexity index is 1260. The topological polar surface area (TPSA) is 55.4 Å². The van der Waals surface area contributed by atoms with Crippen molar-refractivity contribution >= 4 is 12.4 Å². The lowest BCUT2D eigenvalue weighted by Crippen LogP contribution is -2.64. The van der Waals surface area contributed by atoms with Crippen molar-refractivity contribution in [1.82, 2.24) is 5.32 Å². The highest BCUT2D eigenvalue weighted by Crippen LogP contribution is 2.76. The SMILES string of the molecule is C=CC.CC1C(NC=O)CC1C(=O)OCc1ccccc1.CC1CCC2(C)C(CCC3(C)C2CCC2C4CCCC4(C)CC[C@]23C)C1C. The summed E-state index contributed by atoms with van der Waals surface area (Å²) in [5.74, 6) is 5.85. The van der Waals surface area contributed by atoms with E-state index in [0.717, 1.165) is 41.1 Å². The zero-order valence-corrected chi connectivity index (χ0v) is 31.9. The number of carbonyl (C=O) groups excluding carboxylic acids is 2. The number of amides is 1. The van der Waals surface area contributed by atoms with Gasteiger partial charge in [-0.15, -0.1) is 6.58 Å². The minimum atomic E-state index is -0.171. The summed E-state index contributed by atoms with van der Waals surface area (Å²) in [6, 6.07) is 9.72. The Labute approximate surface area is 294 Å². The molecule has 13 atom stereocenters. The maximum absolute atomic E-state index is 11.8. The first kappa shape index (κ1) is 37.2. The summed E-state index contributed by atoms with van der Waals surface area (Å²) >= 11 is 0. The van der Waals surface area contributed by atoms with Crippen molar-refractivity contribution in [3.05, 3.63) is 48.6 Å². The first-order valence-electron chi connectivity index (χ1n) is 19.8. The number of ether oxygens (including phenoxy) is 1. The largest absolute Gasteiger partial charge is 0.461 e. The van der Waals surface area contributed by atoms with E-state index in [9.17, 15) is 9.59 Å². The fourth-order valence-electron chi connectivity index (χ4n) is 12.9. The molecule has 1 N–H and O–H groups in total. The zero-order chi connectivity index (χ0) is 34.9. The molecule has 6 aliphatic carbocycles. The van der Waals surface area contributed by atoms with Crippen molar-refractivity contribution in [1.29, 1.82) is 0 Å². The van der Waals surface area contributed by atoms with E-state index in [1.807, 2.05) is 44.2 Å². The minimum absolute atomic E-state index is 0.0915. The van der Waals surface area contributed by atoms with E-state index >= 15 is 0 Å². The van der Waals surface area contributed by atoms with Crippen LogP contribution in [0.15, 0.2) is 43.0 Å². The Morgan fingerprint density at radius 3 is 2.23 bits per heavy atom. The number of allylic oxidation sites excluding steroid dienone is 1. The fourth-order valence-corrected chi connectivity index (χ4v) is 12.9. The molecule has 0 radical (unpaired) electrons. The number of benzene rings is 1. The highest BCUT2D eigenvalue weighted by molar-refractivity contribution is 5.74. The van der Waals surface area contributed by atoms with Crippen LogP contribution in [0.2, 0.25) is 0 Å². The van der Waals surface area contributed by atoms with Gasteiger partial charge in [-0.25, -0.2) is 0 Å². The number of esters is 1. The van der Waals surface area contributed by atoms with E-state index in [2.05, 4.69) is 53.4 Å². The summed E-state index contributed by atoms with van der Waals surface area (Å²) in [5.41, 5.74) is 3.53. The van der Waals surface area contributed by atoms with E-state index in [4.69, 9.17) is 4.74 Å². The van der Waals surface area contributed by atoms with E-state index < -0.39 is 0 Å². The number of hydrogen-bond donors (Lipinski definition) is 1. The fraction of sp³-hybridized carbons (Fsp3) is 0.773. The Balaban J connectivity index is 0.000000187. The summed E-state index contributed by atoms with van der Waals surface area (Å²) < 4.78 is 5.27. The third kappa shape index (κ3) is 6.45. The second kappa shape index (κ2) is 14.6. The van der Waals surface area contributed by atoms with E-state index in [-0.39, 0.29) is 23.8 Å². The van der Waals surface area contributed by atoms with Gasteiger partial charge < -0.3 is 10.1 Å². The second-order valence-corrected chi connectivity index (χ2v) is 18.3. The number of rotatable bonds is 5. The van der Waals surface area contributed by atoms with Crippen LogP contribution in [0.1, 0.15) is 138 Å². The second-order valence-electron chi connectivity index (χ2n) is 18.3. The van der Waals surface area contributed by atoms with Crippen LogP contribution < -0.4 is 5.32 Å². The van der Waals surface area contributed by atoms with Gasteiger partial charge >= 0.3 is 5.97 Å². The summed E-state index contributed by atoms with van der Waals surface area (Å²) in [6.07, 6.45) is 19.9. The molecular weight excluding hydrogens is 590 g/mol. The summed E-state index contributed by atoms with van der Waals surface area (Å²) in [5, 5.41) is 2.70. The molecule has 0 aliphatic heterocycles. The molecule has 0 heterocycles. The van der Waals surface area contributed by atoms with Gasteiger partial charge in [-0.1, -0.05) is 91.3 Å². The molecule has 12 unspecified atom stereocenters. The first-order chi connectivity index (χ1) is 22.8. The van der Waals surface area contributed by atoms with E-state index in [1.165, 1.54) is 51.4 Å². The van der Waals surface area contributed by atoms with Crippen LogP contribution in [0.5, 0.6) is 0 Å². The van der Waals surface area contributed by atoms with Crippen molar-refractivity contribution in [2.24, 2.45) is 69.0 Å². The molecule has 7 rings (SSSR count). The van der Waals surface area contributed by atoms with E-state index in [0.29, 0.717) is 41.1 Å². The van der Waals surface area contributed by atoms with Crippen molar-refractivity contribution < 1.29 is 14.3 Å². The third-order valence-corrected chi connectivity index (χ3v) is 16.4. The Kier molecular flexibility index (Phi) is 11.3. The van der Waals surface area contributed by atoms with Gasteiger partial charge in [0.05, 0.1) is 5.92 Å². The molecule has 4 heteroatoms. The van der Waals surface area contributed by atoms with Crippen LogP contribution in [-0.2, 0) is 20.9 Å². The van der Waals surface area contributed by atoms with Crippen molar-refractivity contribution in [3.8, 4) is 0 Å². The van der Waals surface area contributed by atoms with Crippen LogP contribution in [0.4, 0.5) is 0 Å². The molecular formula is C44H69NO3. The molecule has 268 valence electrons. The minimum Gasteiger partial charge on any atom is -0.461 e. The van der Waals surface area contributed by atoms with Gasteiger partial charge in [0.25, 0.3) is 0 Å². The summed E-state index contributed by atoms with van der Waals surface area (Å²) in [6.45, 7) is 23.7. The van der Waals surface area contributed by atoms with Gasteiger partial charge in [0.2, 0.25) is 6.41 Å². The molecule has 1 amide bonds. The molecule has 6 fully saturated rings. The Morgan fingerprint density at radius 1 is 0.854 bits per heavy atom. The van der Waals surface area contributed by atoms with Crippen LogP contribution in [-0.4, -0.2) is 18.4 Å². The maximum atomic E-state index is 11.8. The third-order valence-electron chi connectivity index (χ3n) is 16.4. The summed E-state index contributed by atoms with van der Waals surface area (Å²) in [7, 11) is 0. The lowest BCUT2D eigenvalue weighted by molar-refractivity contribution is -0.227. The number of carbonyl (C=O) groups is 2. The molecule has 0 saturated heterocycles. The van der Waals surface area contributed by atoms with E-state index in [1.54, 1.807) is 25.3 Å². The quantitative estimate of drug-likeness (QED) is 0.194. The zero-order valence-electron chi connectivity index (χ0n) is 31.9. The average Bonchev–Trinajstić information content (AvgIpc) is 3.47.